The number of hydrogen-bond donors (Lipinski definition) is 1. The molecule has 1 aromatic heterocycles. The second-order valence-electron chi connectivity index (χ2n) is 6.72. The van der Waals surface area contributed by atoms with Gasteiger partial charge in [-0.3, -0.25) is 4.79 Å². The molecule has 146 valence electrons. The maximum absolute atomic E-state index is 13.1. The van der Waals surface area contributed by atoms with E-state index in [0.29, 0.717) is 5.16 Å². The largest absolute Gasteiger partial charge is 0.349 e. The Bertz CT molecular complexity index is 971. The fourth-order valence-corrected chi connectivity index (χ4v) is 3.68. The number of aryl methyl sites for hydroxylation is 1. The van der Waals surface area contributed by atoms with Crippen molar-refractivity contribution in [3.63, 3.8) is 0 Å². The van der Waals surface area contributed by atoms with Crippen molar-refractivity contribution in [2.75, 3.05) is 0 Å². The fourth-order valence-electron chi connectivity index (χ4n) is 2.85. The fraction of sp³-hybridized carbons (Fsp3) is 0.286. The number of thioether (sulfide) groups is 1. The lowest BCUT2D eigenvalue weighted by Gasteiger charge is -2.17. The Kier molecular flexibility index (Phi) is 6.14. The Morgan fingerprint density at radius 2 is 1.79 bits per heavy atom. The highest BCUT2D eigenvalue weighted by atomic mass is 32.2. The first kappa shape index (κ1) is 20.1. The molecule has 28 heavy (non-hydrogen) atoms. The summed E-state index contributed by atoms with van der Waals surface area (Å²) in [4.78, 5) is 12.6. The molecule has 2 unspecified atom stereocenters. The topological polar surface area (TPSA) is 59.8 Å². The van der Waals surface area contributed by atoms with E-state index in [1.807, 2.05) is 56.7 Å². The molecule has 2 atom stereocenters. The predicted molar refractivity (Wildman–Crippen MR) is 109 cm³/mol. The summed E-state index contributed by atoms with van der Waals surface area (Å²) in [6.07, 6.45) is 0. The van der Waals surface area contributed by atoms with Gasteiger partial charge in [0.1, 0.15) is 5.82 Å². The van der Waals surface area contributed by atoms with Crippen LogP contribution in [0.5, 0.6) is 0 Å². The molecule has 0 spiro atoms. The van der Waals surface area contributed by atoms with Crippen LogP contribution in [-0.2, 0) is 11.8 Å². The molecule has 0 aliphatic rings. The molecule has 3 rings (SSSR count). The third kappa shape index (κ3) is 4.42. The number of hydrogen-bond acceptors (Lipinski definition) is 4. The molecule has 0 bridgehead atoms. The number of aromatic nitrogens is 3. The van der Waals surface area contributed by atoms with Gasteiger partial charge in [-0.15, -0.1) is 10.2 Å². The maximum atomic E-state index is 13.1. The first-order valence-electron chi connectivity index (χ1n) is 9.04. The second kappa shape index (κ2) is 8.56. The molecule has 0 saturated carbocycles. The normalized spacial score (nSPS) is 13.2. The van der Waals surface area contributed by atoms with Crippen LogP contribution in [0.15, 0.2) is 53.7 Å². The van der Waals surface area contributed by atoms with Gasteiger partial charge >= 0.3 is 0 Å². The van der Waals surface area contributed by atoms with Crippen molar-refractivity contribution in [1.82, 2.24) is 20.1 Å². The minimum atomic E-state index is -0.351. The zero-order chi connectivity index (χ0) is 20.3. The highest BCUT2D eigenvalue weighted by Crippen LogP contribution is 2.27. The second-order valence-corrected chi connectivity index (χ2v) is 8.03. The summed E-state index contributed by atoms with van der Waals surface area (Å²) in [6.45, 7) is 5.74. The summed E-state index contributed by atoms with van der Waals surface area (Å²) in [6, 6.07) is 13.9. The molecule has 0 fully saturated rings. The summed E-state index contributed by atoms with van der Waals surface area (Å²) in [5.74, 6) is 0.369. The van der Waals surface area contributed by atoms with E-state index < -0.39 is 0 Å². The number of nitrogens with one attached hydrogen (secondary N) is 1. The molecule has 5 nitrogen and oxygen atoms in total. The molecule has 1 amide bonds. The first-order valence-corrected chi connectivity index (χ1v) is 9.92. The molecule has 1 N–H and O–H groups in total. The Morgan fingerprint density at radius 3 is 2.46 bits per heavy atom. The number of amides is 1. The monoisotopic (exact) mass is 398 g/mol. The Hall–Kier alpha value is -2.67. The highest BCUT2D eigenvalue weighted by Gasteiger charge is 2.21. The summed E-state index contributed by atoms with van der Waals surface area (Å²) in [7, 11) is 1.90. The van der Waals surface area contributed by atoms with Crippen LogP contribution in [0.25, 0.3) is 11.4 Å². The van der Waals surface area contributed by atoms with Gasteiger partial charge in [0.25, 0.3) is 0 Å². The highest BCUT2D eigenvalue weighted by molar-refractivity contribution is 8.00. The van der Waals surface area contributed by atoms with Gasteiger partial charge in [0.15, 0.2) is 11.0 Å². The number of carbonyl (C=O) groups excluding carboxylic acids is 1. The third-order valence-electron chi connectivity index (χ3n) is 4.60. The number of rotatable bonds is 6. The molecule has 2 aromatic carbocycles. The number of benzene rings is 2. The number of nitrogens with zero attached hydrogens (tertiary/aromatic N) is 3. The van der Waals surface area contributed by atoms with E-state index >= 15 is 0 Å². The lowest BCUT2D eigenvalue weighted by Crippen LogP contribution is -2.33. The van der Waals surface area contributed by atoms with Crippen LogP contribution in [0, 0.1) is 12.7 Å². The quantitative estimate of drug-likeness (QED) is 0.630. The molecule has 7 heteroatoms. The van der Waals surface area contributed by atoms with E-state index in [2.05, 4.69) is 15.5 Å². The van der Waals surface area contributed by atoms with Crippen LogP contribution in [0.1, 0.15) is 31.0 Å². The van der Waals surface area contributed by atoms with E-state index in [9.17, 15) is 9.18 Å². The zero-order valence-electron chi connectivity index (χ0n) is 16.3. The average Bonchev–Trinajstić information content (AvgIpc) is 3.03. The molecule has 3 aromatic rings. The Morgan fingerprint density at radius 1 is 1.11 bits per heavy atom. The summed E-state index contributed by atoms with van der Waals surface area (Å²) < 4.78 is 15.0. The molecule has 0 aliphatic carbocycles. The van der Waals surface area contributed by atoms with Crippen molar-refractivity contribution in [2.24, 2.45) is 7.05 Å². The van der Waals surface area contributed by atoms with Crippen LogP contribution in [0.4, 0.5) is 4.39 Å². The van der Waals surface area contributed by atoms with Gasteiger partial charge in [-0.25, -0.2) is 4.39 Å². The van der Waals surface area contributed by atoms with Crippen molar-refractivity contribution in [3.05, 3.63) is 65.5 Å². The van der Waals surface area contributed by atoms with Crippen LogP contribution in [0.3, 0.4) is 0 Å². The molecular weight excluding hydrogens is 375 g/mol. The van der Waals surface area contributed by atoms with Crippen LogP contribution < -0.4 is 5.32 Å². The van der Waals surface area contributed by atoms with Crippen LogP contribution >= 0.6 is 11.8 Å². The van der Waals surface area contributed by atoms with Gasteiger partial charge in [0.2, 0.25) is 5.91 Å². The van der Waals surface area contributed by atoms with E-state index in [0.717, 1.165) is 22.5 Å². The lowest BCUT2D eigenvalue weighted by molar-refractivity contribution is -0.120. The minimum Gasteiger partial charge on any atom is -0.349 e. The smallest absolute Gasteiger partial charge is 0.233 e. The summed E-state index contributed by atoms with van der Waals surface area (Å²) >= 11 is 1.36. The van der Waals surface area contributed by atoms with Crippen molar-refractivity contribution < 1.29 is 9.18 Å². The van der Waals surface area contributed by atoms with Crippen molar-refractivity contribution in [2.45, 2.75) is 37.2 Å². The van der Waals surface area contributed by atoms with Gasteiger partial charge in [-0.2, -0.15) is 0 Å². The van der Waals surface area contributed by atoms with E-state index in [-0.39, 0.29) is 23.0 Å². The van der Waals surface area contributed by atoms with Gasteiger partial charge in [0, 0.05) is 12.6 Å². The zero-order valence-corrected chi connectivity index (χ0v) is 17.1. The van der Waals surface area contributed by atoms with Crippen molar-refractivity contribution >= 4 is 17.7 Å². The van der Waals surface area contributed by atoms with Gasteiger partial charge in [-0.1, -0.05) is 48.2 Å². The summed E-state index contributed by atoms with van der Waals surface area (Å²) in [5.41, 5.74) is 2.99. The first-order chi connectivity index (χ1) is 13.4. The van der Waals surface area contributed by atoms with Crippen LogP contribution in [-0.4, -0.2) is 25.9 Å². The standard InChI is InChI=1S/C21H23FN4OS/c1-13-7-5-6-8-18(13)19-24-25-21(26(19)4)28-15(3)20(27)23-14(2)16-9-11-17(22)12-10-16/h5-12,14-15H,1-4H3,(H,23,27). The van der Waals surface area contributed by atoms with Gasteiger partial charge in [0.05, 0.1) is 11.3 Å². The van der Waals surface area contributed by atoms with E-state index in [4.69, 9.17) is 0 Å². The SMILES string of the molecule is Cc1ccccc1-c1nnc(SC(C)C(=O)NC(C)c2ccc(F)cc2)n1C. The number of carbonyl (C=O) groups is 1. The summed E-state index contributed by atoms with van der Waals surface area (Å²) in [5, 5.41) is 11.8. The molecule has 1 heterocycles. The minimum absolute atomic E-state index is 0.109. The number of halogens is 1. The predicted octanol–water partition coefficient (Wildman–Crippen LogP) is 4.29. The average molecular weight is 399 g/mol. The molecular formula is C21H23FN4OS. The molecule has 0 radical (unpaired) electrons. The van der Waals surface area contributed by atoms with E-state index in [1.54, 1.807) is 12.1 Å². The Labute approximate surface area is 168 Å². The Balaban J connectivity index is 1.67. The maximum Gasteiger partial charge on any atom is 0.233 e. The van der Waals surface area contributed by atoms with Gasteiger partial charge in [-0.05, 0) is 44.0 Å². The molecule has 0 aliphatic heterocycles. The van der Waals surface area contributed by atoms with Crippen LogP contribution in [0.2, 0.25) is 0 Å². The van der Waals surface area contributed by atoms with Crippen molar-refractivity contribution in [1.29, 1.82) is 0 Å². The third-order valence-corrected chi connectivity index (χ3v) is 5.74. The van der Waals surface area contributed by atoms with Crippen molar-refractivity contribution in [3.8, 4) is 11.4 Å². The van der Waals surface area contributed by atoms with Gasteiger partial charge < -0.3 is 9.88 Å². The lowest BCUT2D eigenvalue weighted by atomic mass is 10.1. The molecule has 0 saturated heterocycles. The van der Waals surface area contributed by atoms with E-state index in [1.165, 1.54) is 23.9 Å².